The van der Waals surface area contributed by atoms with Crippen molar-refractivity contribution in [1.29, 1.82) is 0 Å². The first-order chi connectivity index (χ1) is 12.4. The molecule has 0 aliphatic carbocycles. The van der Waals surface area contributed by atoms with Gasteiger partial charge in [-0.3, -0.25) is 0 Å². The first kappa shape index (κ1) is 18.3. The predicted octanol–water partition coefficient (Wildman–Crippen LogP) is 3.22. The first-order valence-corrected chi connectivity index (χ1v) is 9.73. The summed E-state index contributed by atoms with van der Waals surface area (Å²) in [5.41, 5.74) is 2.48. The van der Waals surface area contributed by atoms with Gasteiger partial charge in [0.15, 0.2) is 5.82 Å². The Morgan fingerprint density at radius 3 is 2.54 bits per heavy atom. The largest absolute Gasteiger partial charge is 0.334 e. The molecule has 1 heterocycles. The minimum Gasteiger partial charge on any atom is -0.334 e. The number of likely N-dealkylation sites (N-methyl/N-ethyl adjacent to an activating group) is 1. The van der Waals surface area contributed by atoms with Gasteiger partial charge in [0.25, 0.3) is 5.89 Å². The van der Waals surface area contributed by atoms with Gasteiger partial charge in [0.2, 0.25) is 10.0 Å². The number of benzene rings is 2. The molecular formula is C19H21N3O3S. The second-order valence-electron chi connectivity index (χ2n) is 6.23. The van der Waals surface area contributed by atoms with Crippen LogP contribution in [0, 0.1) is 13.8 Å². The second-order valence-corrected chi connectivity index (χ2v) is 8.24. The molecule has 0 unspecified atom stereocenters. The summed E-state index contributed by atoms with van der Waals surface area (Å²) in [6.45, 7) is 3.94. The Morgan fingerprint density at radius 2 is 1.81 bits per heavy atom. The van der Waals surface area contributed by atoms with Crippen molar-refractivity contribution in [3.8, 4) is 11.5 Å². The van der Waals surface area contributed by atoms with Crippen LogP contribution in [0.2, 0.25) is 0 Å². The van der Waals surface area contributed by atoms with Crippen LogP contribution in [0.1, 0.15) is 17.0 Å². The molecule has 0 saturated heterocycles. The van der Waals surface area contributed by atoms with Crippen molar-refractivity contribution in [2.24, 2.45) is 0 Å². The molecule has 2 aromatic carbocycles. The van der Waals surface area contributed by atoms with Gasteiger partial charge in [0.1, 0.15) is 0 Å². The molecular weight excluding hydrogens is 350 g/mol. The average Bonchev–Trinajstić information content (AvgIpc) is 3.11. The van der Waals surface area contributed by atoms with Crippen LogP contribution in [0.15, 0.2) is 57.9 Å². The van der Waals surface area contributed by atoms with E-state index in [1.54, 1.807) is 20.0 Å². The monoisotopic (exact) mass is 371 g/mol. The van der Waals surface area contributed by atoms with Crippen molar-refractivity contribution in [3.63, 3.8) is 0 Å². The van der Waals surface area contributed by atoms with Crippen molar-refractivity contribution in [3.05, 3.63) is 65.5 Å². The molecule has 0 fully saturated rings. The third-order valence-corrected chi connectivity index (χ3v) is 6.17. The fourth-order valence-corrected chi connectivity index (χ4v) is 4.06. The molecule has 0 atom stereocenters. The maximum Gasteiger partial charge on any atom is 0.257 e. The standard InChI is InChI=1S/C19H21N3O3S/c1-14-9-10-15(2)17(13-14)26(23,24)22(3)12-11-18-20-19(25-21-18)16-7-5-4-6-8-16/h4-10,13H,11-12H2,1-3H3. The summed E-state index contributed by atoms with van der Waals surface area (Å²) in [6, 6.07) is 14.9. The maximum absolute atomic E-state index is 12.8. The van der Waals surface area contributed by atoms with Crippen LogP contribution in [0.3, 0.4) is 0 Å². The summed E-state index contributed by atoms with van der Waals surface area (Å²) in [7, 11) is -2.00. The maximum atomic E-state index is 12.8. The lowest BCUT2D eigenvalue weighted by Crippen LogP contribution is -2.29. The molecule has 136 valence electrons. The van der Waals surface area contributed by atoms with E-state index in [-0.39, 0.29) is 6.54 Å². The van der Waals surface area contributed by atoms with Gasteiger partial charge in [-0.15, -0.1) is 0 Å². The van der Waals surface area contributed by atoms with E-state index in [0.29, 0.717) is 23.0 Å². The average molecular weight is 371 g/mol. The fraction of sp³-hybridized carbons (Fsp3) is 0.263. The first-order valence-electron chi connectivity index (χ1n) is 8.29. The van der Waals surface area contributed by atoms with Gasteiger partial charge in [-0.2, -0.15) is 4.98 Å². The Kier molecular flexibility index (Phi) is 5.20. The highest BCUT2D eigenvalue weighted by Gasteiger charge is 2.23. The highest BCUT2D eigenvalue weighted by atomic mass is 32.2. The molecule has 0 radical (unpaired) electrons. The number of aromatic nitrogens is 2. The molecule has 0 bridgehead atoms. The highest BCUT2D eigenvalue weighted by molar-refractivity contribution is 7.89. The zero-order valence-corrected chi connectivity index (χ0v) is 15.8. The molecule has 0 aliphatic heterocycles. The van der Waals surface area contributed by atoms with Crippen LogP contribution in [0.5, 0.6) is 0 Å². The number of sulfonamides is 1. The van der Waals surface area contributed by atoms with Crippen molar-refractivity contribution in [2.45, 2.75) is 25.2 Å². The van der Waals surface area contributed by atoms with Gasteiger partial charge in [0.05, 0.1) is 4.90 Å². The Morgan fingerprint density at radius 1 is 1.08 bits per heavy atom. The SMILES string of the molecule is Cc1ccc(C)c(S(=O)(=O)N(C)CCc2noc(-c3ccccc3)n2)c1. The van der Waals surface area contributed by atoms with E-state index in [9.17, 15) is 8.42 Å². The number of aryl methyl sites for hydroxylation is 2. The second kappa shape index (κ2) is 7.39. The van der Waals surface area contributed by atoms with Crippen molar-refractivity contribution >= 4 is 10.0 Å². The van der Waals surface area contributed by atoms with Crippen LogP contribution >= 0.6 is 0 Å². The van der Waals surface area contributed by atoms with E-state index < -0.39 is 10.0 Å². The number of rotatable bonds is 6. The van der Waals surface area contributed by atoms with Crippen LogP contribution in [0.25, 0.3) is 11.5 Å². The summed E-state index contributed by atoms with van der Waals surface area (Å²) >= 11 is 0. The van der Waals surface area contributed by atoms with Crippen molar-refractivity contribution in [2.75, 3.05) is 13.6 Å². The summed E-state index contributed by atoms with van der Waals surface area (Å²) in [6.07, 6.45) is 0.372. The zero-order valence-electron chi connectivity index (χ0n) is 15.0. The van der Waals surface area contributed by atoms with Crippen LogP contribution < -0.4 is 0 Å². The van der Waals surface area contributed by atoms with Crippen molar-refractivity contribution in [1.82, 2.24) is 14.4 Å². The molecule has 0 amide bonds. The summed E-state index contributed by atoms with van der Waals surface area (Å²) in [5, 5.41) is 3.94. The lowest BCUT2D eigenvalue weighted by atomic mass is 10.2. The third-order valence-electron chi connectivity index (χ3n) is 4.17. The normalized spacial score (nSPS) is 11.8. The molecule has 0 N–H and O–H groups in total. The van der Waals surface area contributed by atoms with E-state index in [0.717, 1.165) is 16.7 Å². The molecule has 0 spiro atoms. The molecule has 1 aromatic heterocycles. The molecule has 0 aliphatic rings. The number of hydrogen-bond acceptors (Lipinski definition) is 5. The molecule has 3 rings (SSSR count). The third kappa shape index (κ3) is 3.84. The molecule has 6 nitrogen and oxygen atoms in total. The Hall–Kier alpha value is -2.51. The fourth-order valence-electron chi connectivity index (χ4n) is 2.58. The zero-order chi connectivity index (χ0) is 18.7. The quantitative estimate of drug-likeness (QED) is 0.665. The molecule has 0 saturated carbocycles. The smallest absolute Gasteiger partial charge is 0.257 e. The Balaban J connectivity index is 1.72. The minimum atomic E-state index is -3.56. The molecule has 3 aromatic rings. The van der Waals surface area contributed by atoms with Crippen LogP contribution in [-0.2, 0) is 16.4 Å². The van der Waals surface area contributed by atoms with Gasteiger partial charge in [-0.05, 0) is 43.2 Å². The van der Waals surface area contributed by atoms with E-state index in [4.69, 9.17) is 4.52 Å². The Bertz CT molecular complexity index is 998. The molecule has 7 heteroatoms. The lowest BCUT2D eigenvalue weighted by molar-refractivity contribution is 0.415. The molecule has 26 heavy (non-hydrogen) atoms. The van der Waals surface area contributed by atoms with Crippen LogP contribution in [0.4, 0.5) is 0 Å². The minimum absolute atomic E-state index is 0.267. The van der Waals surface area contributed by atoms with Gasteiger partial charge >= 0.3 is 0 Å². The van der Waals surface area contributed by atoms with Gasteiger partial charge in [-0.25, -0.2) is 12.7 Å². The summed E-state index contributed by atoms with van der Waals surface area (Å²) in [5.74, 6) is 0.910. The van der Waals surface area contributed by atoms with Gasteiger partial charge in [0, 0.05) is 25.6 Å². The van der Waals surface area contributed by atoms with Gasteiger partial charge in [-0.1, -0.05) is 35.5 Å². The summed E-state index contributed by atoms with van der Waals surface area (Å²) < 4.78 is 32.2. The van der Waals surface area contributed by atoms with Crippen molar-refractivity contribution < 1.29 is 12.9 Å². The highest BCUT2D eigenvalue weighted by Crippen LogP contribution is 2.21. The Labute approximate surface area is 153 Å². The van der Waals surface area contributed by atoms with E-state index in [2.05, 4.69) is 10.1 Å². The van der Waals surface area contributed by atoms with E-state index in [1.165, 1.54) is 4.31 Å². The van der Waals surface area contributed by atoms with E-state index >= 15 is 0 Å². The van der Waals surface area contributed by atoms with Crippen LogP contribution in [-0.4, -0.2) is 36.5 Å². The lowest BCUT2D eigenvalue weighted by Gasteiger charge is -2.18. The predicted molar refractivity (Wildman–Crippen MR) is 99.2 cm³/mol. The number of hydrogen-bond donors (Lipinski definition) is 0. The topological polar surface area (TPSA) is 76.3 Å². The van der Waals surface area contributed by atoms with Gasteiger partial charge < -0.3 is 4.52 Å². The van der Waals surface area contributed by atoms with E-state index in [1.807, 2.05) is 49.4 Å². The number of nitrogens with zero attached hydrogens (tertiary/aromatic N) is 3. The summed E-state index contributed by atoms with van der Waals surface area (Å²) in [4.78, 5) is 4.67.